The van der Waals surface area contributed by atoms with E-state index in [0.717, 1.165) is 38.4 Å². The summed E-state index contributed by atoms with van der Waals surface area (Å²) in [5.74, 6) is 0.389. The van der Waals surface area contributed by atoms with Gasteiger partial charge in [0.05, 0.1) is 18.2 Å². The second-order valence-electron chi connectivity index (χ2n) is 6.87. The fourth-order valence-corrected chi connectivity index (χ4v) is 3.35. The van der Waals surface area contributed by atoms with Gasteiger partial charge < -0.3 is 14.8 Å². The molecule has 1 aliphatic rings. The molecule has 3 rings (SSSR count). The van der Waals surface area contributed by atoms with Crippen LogP contribution in [-0.4, -0.2) is 43.2 Å². The van der Waals surface area contributed by atoms with Crippen LogP contribution in [0.1, 0.15) is 24.5 Å². The van der Waals surface area contributed by atoms with E-state index in [4.69, 9.17) is 21.1 Å². The highest BCUT2D eigenvalue weighted by Gasteiger charge is 2.19. The summed E-state index contributed by atoms with van der Waals surface area (Å²) in [6.45, 7) is 6.79. The molecular weight excluding hydrogens is 376 g/mol. The highest BCUT2D eigenvalue weighted by molar-refractivity contribution is 6.32. The van der Waals surface area contributed by atoms with Gasteiger partial charge in [-0.05, 0) is 29.7 Å². The lowest BCUT2D eigenvalue weighted by atomic mass is 10.1. The third-order valence-electron chi connectivity index (χ3n) is 4.74. The number of hydrogen-bond donors (Lipinski definition) is 1. The summed E-state index contributed by atoms with van der Waals surface area (Å²) in [6, 6.07) is 15.5. The summed E-state index contributed by atoms with van der Waals surface area (Å²) in [5.41, 5.74) is 2.32. The van der Waals surface area contributed by atoms with Gasteiger partial charge in [-0.25, -0.2) is 0 Å². The van der Waals surface area contributed by atoms with Crippen molar-refractivity contribution < 1.29 is 14.3 Å². The van der Waals surface area contributed by atoms with Crippen LogP contribution in [0.4, 0.5) is 0 Å². The molecule has 0 unspecified atom stereocenters. The highest BCUT2D eigenvalue weighted by atomic mass is 35.5. The van der Waals surface area contributed by atoms with E-state index >= 15 is 0 Å². The Labute approximate surface area is 171 Å². The van der Waals surface area contributed by atoms with E-state index in [1.54, 1.807) is 12.1 Å². The summed E-state index contributed by atoms with van der Waals surface area (Å²) < 4.78 is 11.2. The average Bonchev–Trinajstić information content (AvgIpc) is 2.72. The SMILES string of the molecule is CC[C@@H](Oc1ccccc1Cl)C(=O)NCc1cccc(CN2CCOCC2)c1. The van der Waals surface area contributed by atoms with E-state index in [2.05, 4.69) is 22.3 Å². The molecule has 5 nitrogen and oxygen atoms in total. The average molecular weight is 403 g/mol. The molecule has 150 valence electrons. The number of nitrogens with one attached hydrogen (secondary N) is 1. The van der Waals surface area contributed by atoms with Crippen molar-refractivity contribution in [2.24, 2.45) is 0 Å². The van der Waals surface area contributed by atoms with Crippen molar-refractivity contribution >= 4 is 17.5 Å². The molecule has 1 fully saturated rings. The molecule has 28 heavy (non-hydrogen) atoms. The lowest BCUT2D eigenvalue weighted by molar-refractivity contribution is -0.128. The maximum absolute atomic E-state index is 12.6. The number of halogens is 1. The molecule has 1 saturated heterocycles. The van der Waals surface area contributed by atoms with Crippen molar-refractivity contribution in [1.82, 2.24) is 10.2 Å². The van der Waals surface area contributed by atoms with Gasteiger partial charge in [-0.15, -0.1) is 0 Å². The minimum atomic E-state index is -0.573. The molecule has 6 heteroatoms. The summed E-state index contributed by atoms with van der Waals surface area (Å²) >= 11 is 6.13. The molecule has 1 aliphatic heterocycles. The maximum atomic E-state index is 12.6. The number of hydrogen-bond acceptors (Lipinski definition) is 4. The third-order valence-corrected chi connectivity index (χ3v) is 5.05. The molecule has 0 radical (unpaired) electrons. The Morgan fingerprint density at radius 2 is 1.93 bits per heavy atom. The number of para-hydroxylation sites is 1. The normalized spacial score (nSPS) is 15.8. The number of benzene rings is 2. The van der Waals surface area contributed by atoms with Gasteiger partial charge in [0.15, 0.2) is 6.10 Å². The monoisotopic (exact) mass is 402 g/mol. The van der Waals surface area contributed by atoms with Crippen molar-refractivity contribution in [2.45, 2.75) is 32.5 Å². The van der Waals surface area contributed by atoms with E-state index < -0.39 is 6.10 Å². The van der Waals surface area contributed by atoms with E-state index in [9.17, 15) is 4.79 Å². The predicted molar refractivity (Wildman–Crippen MR) is 111 cm³/mol. The van der Waals surface area contributed by atoms with Crippen LogP contribution in [0.5, 0.6) is 5.75 Å². The first kappa shape index (κ1) is 20.6. The van der Waals surface area contributed by atoms with Gasteiger partial charge in [0, 0.05) is 26.2 Å². The first-order chi connectivity index (χ1) is 13.7. The molecule has 0 saturated carbocycles. The Bertz CT molecular complexity index is 778. The lowest BCUT2D eigenvalue weighted by Gasteiger charge is -2.26. The van der Waals surface area contributed by atoms with Crippen molar-refractivity contribution in [3.8, 4) is 5.75 Å². The van der Waals surface area contributed by atoms with Crippen LogP contribution in [0.25, 0.3) is 0 Å². The lowest BCUT2D eigenvalue weighted by Crippen LogP contribution is -2.37. The van der Waals surface area contributed by atoms with Crippen LogP contribution >= 0.6 is 11.6 Å². The zero-order chi connectivity index (χ0) is 19.8. The summed E-state index contributed by atoms with van der Waals surface area (Å²) in [7, 11) is 0. The fraction of sp³-hybridized carbons (Fsp3) is 0.409. The van der Waals surface area contributed by atoms with Gasteiger partial charge in [-0.1, -0.05) is 54.9 Å². The number of ether oxygens (including phenoxy) is 2. The number of amides is 1. The number of nitrogens with zero attached hydrogens (tertiary/aromatic N) is 1. The first-order valence-corrected chi connectivity index (χ1v) is 10.1. The smallest absolute Gasteiger partial charge is 0.261 e. The van der Waals surface area contributed by atoms with Crippen LogP contribution in [-0.2, 0) is 22.6 Å². The zero-order valence-electron chi connectivity index (χ0n) is 16.2. The second-order valence-corrected chi connectivity index (χ2v) is 7.28. The maximum Gasteiger partial charge on any atom is 0.261 e. The number of rotatable bonds is 8. The molecule has 1 atom stereocenters. The standard InChI is InChI=1S/C22H27ClN2O3/c1-2-20(28-21-9-4-3-8-19(21)23)22(26)24-15-17-6-5-7-18(14-17)16-25-10-12-27-13-11-25/h3-9,14,20H,2,10-13,15-16H2,1H3,(H,24,26)/t20-/m1/s1. The van der Waals surface area contributed by atoms with Gasteiger partial charge >= 0.3 is 0 Å². The molecule has 0 spiro atoms. The number of morpholine rings is 1. The van der Waals surface area contributed by atoms with E-state index in [1.165, 1.54) is 5.56 Å². The molecule has 2 aromatic rings. The van der Waals surface area contributed by atoms with Gasteiger partial charge in [0.25, 0.3) is 5.91 Å². The van der Waals surface area contributed by atoms with Crippen LogP contribution in [0.3, 0.4) is 0 Å². The molecule has 1 amide bonds. The molecule has 1 heterocycles. The van der Waals surface area contributed by atoms with Gasteiger partial charge in [0.1, 0.15) is 5.75 Å². The Hall–Kier alpha value is -2.08. The minimum absolute atomic E-state index is 0.138. The van der Waals surface area contributed by atoms with E-state index in [0.29, 0.717) is 23.7 Å². The van der Waals surface area contributed by atoms with Crippen molar-refractivity contribution in [3.05, 3.63) is 64.7 Å². The molecular formula is C22H27ClN2O3. The van der Waals surface area contributed by atoms with E-state index in [-0.39, 0.29) is 5.91 Å². The first-order valence-electron chi connectivity index (χ1n) is 9.72. The van der Waals surface area contributed by atoms with Gasteiger partial charge in [-0.3, -0.25) is 9.69 Å². The molecule has 2 aromatic carbocycles. The number of carbonyl (C=O) groups is 1. The quantitative estimate of drug-likeness (QED) is 0.732. The van der Waals surface area contributed by atoms with Crippen LogP contribution in [0.15, 0.2) is 48.5 Å². The number of carbonyl (C=O) groups excluding carboxylic acids is 1. The molecule has 0 bridgehead atoms. The fourth-order valence-electron chi connectivity index (χ4n) is 3.17. The summed E-state index contributed by atoms with van der Waals surface area (Å²) in [6.07, 6.45) is -0.00913. The summed E-state index contributed by atoms with van der Waals surface area (Å²) in [5, 5.41) is 3.48. The molecule has 0 aliphatic carbocycles. The Morgan fingerprint density at radius 3 is 2.68 bits per heavy atom. The van der Waals surface area contributed by atoms with Crippen LogP contribution in [0.2, 0.25) is 5.02 Å². The van der Waals surface area contributed by atoms with Crippen LogP contribution < -0.4 is 10.1 Å². The van der Waals surface area contributed by atoms with Crippen molar-refractivity contribution in [1.29, 1.82) is 0 Å². The van der Waals surface area contributed by atoms with Gasteiger partial charge in [-0.2, -0.15) is 0 Å². The third kappa shape index (κ3) is 5.96. The summed E-state index contributed by atoms with van der Waals surface area (Å²) in [4.78, 5) is 14.9. The van der Waals surface area contributed by atoms with Crippen molar-refractivity contribution in [2.75, 3.05) is 26.3 Å². The predicted octanol–water partition coefficient (Wildman–Crippen LogP) is 3.65. The van der Waals surface area contributed by atoms with Gasteiger partial charge in [0.2, 0.25) is 0 Å². The van der Waals surface area contributed by atoms with Crippen molar-refractivity contribution in [3.63, 3.8) is 0 Å². The largest absolute Gasteiger partial charge is 0.479 e. The topological polar surface area (TPSA) is 50.8 Å². The minimum Gasteiger partial charge on any atom is -0.479 e. The van der Waals surface area contributed by atoms with E-state index in [1.807, 2.05) is 31.2 Å². The highest BCUT2D eigenvalue weighted by Crippen LogP contribution is 2.24. The Kier molecular flexibility index (Phi) is 7.71. The molecule has 0 aromatic heterocycles. The Morgan fingerprint density at radius 1 is 1.18 bits per heavy atom. The second kappa shape index (κ2) is 10.5. The zero-order valence-corrected chi connectivity index (χ0v) is 17.0. The molecule has 1 N–H and O–H groups in total. The Balaban J connectivity index is 1.54. The van der Waals surface area contributed by atoms with Crippen LogP contribution in [0, 0.1) is 0 Å².